The fourth-order valence-corrected chi connectivity index (χ4v) is 11.3. The Morgan fingerprint density at radius 2 is 0.892 bits per heavy atom. The molecule has 8 bridgehead atoms. The second-order valence-corrected chi connectivity index (χ2v) is 19.3. The summed E-state index contributed by atoms with van der Waals surface area (Å²) < 4.78 is 9.14. The summed E-state index contributed by atoms with van der Waals surface area (Å²) in [4.78, 5) is 47.7. The van der Waals surface area contributed by atoms with Gasteiger partial charge in [-0.1, -0.05) is 97.1 Å². The van der Waals surface area contributed by atoms with Gasteiger partial charge in [-0.15, -0.1) is 0 Å². The van der Waals surface area contributed by atoms with Crippen LogP contribution in [0.5, 0.6) is 17.2 Å². The Bertz CT molecular complexity index is 3200. The molecule has 3 aromatic heterocycles. The number of ether oxygens (including phenoxy) is 1. The number of benzene rings is 6. The van der Waals surface area contributed by atoms with Gasteiger partial charge in [-0.2, -0.15) is 0 Å². The number of carbonyl (C=O) groups is 1. The van der Waals surface area contributed by atoms with Crippen LogP contribution in [-0.2, 0) is 11.2 Å². The van der Waals surface area contributed by atoms with E-state index in [9.17, 15) is 9.90 Å². The maximum absolute atomic E-state index is 10.9. The van der Waals surface area contributed by atoms with Crippen LogP contribution in [0.15, 0.2) is 121 Å². The average Bonchev–Trinajstić information content (AvgIpc) is 4.03. The van der Waals surface area contributed by atoms with Gasteiger partial charge in [0.2, 0.25) is 0 Å². The minimum Gasteiger partial charge on any atom is -0.506 e. The monoisotopic (exact) mass is 1320 g/mol. The highest BCUT2D eigenvalue weighted by atomic mass is 127. The third-order valence-electron chi connectivity index (χ3n) is 10.5. The molecule has 18 heteroatoms. The Labute approximate surface area is 428 Å². The van der Waals surface area contributed by atoms with Gasteiger partial charge < -0.3 is 30.7 Å². The molecular weight excluding hydrogens is 1290 g/mol. The van der Waals surface area contributed by atoms with Crippen LogP contribution in [0.25, 0.3) is 89.7 Å². The molecule has 2 aliphatic heterocycles. The molecule has 0 fully saturated rings. The topological polar surface area (TPSA) is 202 Å². The maximum Gasteiger partial charge on any atom is 0.320 e. The number of rotatable bonds is 5. The molecule has 2 aliphatic rings. The molecule has 13 nitrogen and oxygen atoms in total. The number of H-pyrrole nitrogens is 2. The Morgan fingerprint density at radius 3 is 1.23 bits per heavy atom. The quantitative estimate of drug-likeness (QED) is 0.0811. The summed E-state index contributed by atoms with van der Waals surface area (Å²) >= 11 is 8.42. The van der Waals surface area contributed by atoms with Gasteiger partial charge in [0.05, 0.1) is 14.3 Å². The number of nitrogens with zero attached hydrogens (tertiary/aromatic N) is 6. The molecule has 0 radical (unpaired) electrons. The highest BCUT2D eigenvalue weighted by molar-refractivity contribution is 14.1. The van der Waals surface area contributed by atoms with Gasteiger partial charge in [0.15, 0.2) is 29.0 Å². The first-order chi connectivity index (χ1) is 31.0. The number of hydrogen-bond acceptors (Lipinski definition) is 10. The standard InChI is InChI=1S/C32H18N8.C15H11I4NO4.H4Si/c1-2-10-18-17(9-1)25-33-26(18)38-28-21-13-5-6-14-22(21)30(35-28)40-32-24-16-8-7-15-23(24)31(36-32)39-29-20-12-4-3-11-19(20)27(34-29)37-25;16-8-4-7(5-9(17)13(8)21)24-14-10(18)1-6(2-11(14)19)3-12(20)15(22)23;/h1-16H,(H2,33,34,35,36,37,38,39,40);1-2,4-5,12,21H,3,20H2,(H,22,23);1H4. The normalized spacial score (nSPS) is 11.8. The van der Waals surface area contributed by atoms with Crippen molar-refractivity contribution in [2.75, 3.05) is 0 Å². The van der Waals surface area contributed by atoms with E-state index in [-0.39, 0.29) is 23.1 Å². The summed E-state index contributed by atoms with van der Waals surface area (Å²) in [7, 11) is 0. The van der Waals surface area contributed by atoms with Gasteiger partial charge >= 0.3 is 5.97 Å². The van der Waals surface area contributed by atoms with Gasteiger partial charge in [0, 0.05) is 43.8 Å². The number of aromatic hydroxyl groups is 1. The highest BCUT2D eigenvalue weighted by Gasteiger charge is 2.22. The summed E-state index contributed by atoms with van der Waals surface area (Å²) in [5, 5.41) is 22.6. The van der Waals surface area contributed by atoms with Crippen molar-refractivity contribution in [2.24, 2.45) is 5.73 Å². The molecular formula is C47H33I4N9O4Si. The van der Waals surface area contributed by atoms with Crippen molar-refractivity contribution in [1.29, 1.82) is 0 Å². The zero-order valence-corrected chi connectivity index (χ0v) is 41.4. The minimum absolute atomic E-state index is 0. The average molecular weight is 1320 g/mol. The number of hydrogen-bond donors (Lipinski definition) is 5. The van der Waals surface area contributed by atoms with E-state index in [1.165, 1.54) is 0 Å². The number of aromatic amines is 2. The van der Waals surface area contributed by atoms with Gasteiger partial charge in [-0.25, -0.2) is 29.9 Å². The second-order valence-electron chi connectivity index (χ2n) is 14.7. The number of carboxylic acid groups (broad SMARTS) is 1. The molecule has 6 N–H and O–H groups in total. The van der Waals surface area contributed by atoms with Crippen LogP contribution in [0, 0.1) is 14.3 Å². The SMILES string of the molecule is NC(Cc1cc(I)c(Oc2cc(I)c(O)c(I)c2)c(I)c1)C(=O)O.[SiH4].c1ccc2c(c1)-c1nc-2nc2[nH]c(nc3nc(nc4[nH]c(n1)c1ccccc41)-c1ccccc1-3)c1ccccc21. The summed E-state index contributed by atoms with van der Waals surface area (Å²) in [6.45, 7) is 0. The van der Waals surface area contributed by atoms with Crippen LogP contribution in [0.4, 0.5) is 0 Å². The lowest BCUT2D eigenvalue weighted by Crippen LogP contribution is -2.32. The lowest BCUT2D eigenvalue weighted by molar-refractivity contribution is -0.138. The number of phenolic OH excluding ortho intramolecular Hbond substituents is 1. The zero-order valence-electron chi connectivity index (χ0n) is 32.8. The number of aromatic nitrogens is 8. The van der Waals surface area contributed by atoms with Crippen molar-refractivity contribution >= 4 is 151 Å². The summed E-state index contributed by atoms with van der Waals surface area (Å²) in [6, 6.07) is 38.6. The fraction of sp³-hybridized carbons (Fsp3) is 0.0426. The van der Waals surface area contributed by atoms with Crippen molar-refractivity contribution in [3.05, 3.63) is 141 Å². The van der Waals surface area contributed by atoms with E-state index in [1.54, 1.807) is 12.1 Å². The highest BCUT2D eigenvalue weighted by Crippen LogP contribution is 2.39. The first-order valence-corrected chi connectivity index (χ1v) is 23.8. The molecule has 65 heavy (non-hydrogen) atoms. The fourth-order valence-electron chi connectivity index (χ4n) is 7.48. The largest absolute Gasteiger partial charge is 0.506 e. The molecule has 1 atom stereocenters. The number of carboxylic acids is 1. The van der Waals surface area contributed by atoms with E-state index in [2.05, 4.69) is 100 Å². The first kappa shape index (κ1) is 45.0. The summed E-state index contributed by atoms with van der Waals surface area (Å²) in [5.74, 6) is 2.94. The van der Waals surface area contributed by atoms with Crippen LogP contribution in [0.1, 0.15) is 5.56 Å². The molecule has 9 aromatic rings. The summed E-state index contributed by atoms with van der Waals surface area (Å²) in [5.41, 5.74) is 12.9. The van der Waals surface area contributed by atoms with E-state index in [0.717, 1.165) is 56.5 Å². The number of fused-ring (bicyclic) bond motifs is 20. The lowest BCUT2D eigenvalue weighted by Gasteiger charge is -2.14. The van der Waals surface area contributed by atoms with Gasteiger partial charge in [-0.05, 0) is 138 Å². The number of aliphatic carboxylic acids is 1. The van der Waals surface area contributed by atoms with E-state index in [4.69, 9.17) is 45.5 Å². The molecule has 322 valence electrons. The maximum atomic E-state index is 10.9. The van der Waals surface area contributed by atoms with Crippen LogP contribution in [0.2, 0.25) is 0 Å². The lowest BCUT2D eigenvalue weighted by atomic mass is 10.1. The van der Waals surface area contributed by atoms with Crippen molar-refractivity contribution in [1.82, 2.24) is 39.9 Å². The van der Waals surface area contributed by atoms with Crippen molar-refractivity contribution < 1.29 is 19.7 Å². The number of halogens is 4. The molecule has 0 amide bonds. The second kappa shape index (κ2) is 18.6. The molecule has 5 heterocycles. The zero-order chi connectivity index (χ0) is 44.2. The van der Waals surface area contributed by atoms with Gasteiger partial charge in [0.25, 0.3) is 0 Å². The van der Waals surface area contributed by atoms with Gasteiger partial charge in [-0.3, -0.25) is 4.79 Å². The van der Waals surface area contributed by atoms with Crippen molar-refractivity contribution in [3.63, 3.8) is 0 Å². The van der Waals surface area contributed by atoms with Crippen LogP contribution in [-0.4, -0.2) is 73.1 Å². The Morgan fingerprint density at radius 1 is 0.554 bits per heavy atom. The van der Waals surface area contributed by atoms with Crippen LogP contribution < -0.4 is 10.5 Å². The summed E-state index contributed by atoms with van der Waals surface area (Å²) in [6.07, 6.45) is 0.261. The molecule has 1 unspecified atom stereocenters. The number of nitrogens with one attached hydrogen (secondary N) is 2. The Kier molecular flexibility index (Phi) is 12.9. The van der Waals surface area contributed by atoms with Crippen LogP contribution >= 0.6 is 90.4 Å². The van der Waals surface area contributed by atoms with E-state index in [0.29, 0.717) is 64.5 Å². The van der Waals surface area contributed by atoms with E-state index < -0.39 is 12.0 Å². The third-order valence-corrected chi connectivity index (χ3v) is 13.7. The third kappa shape index (κ3) is 8.82. The predicted octanol–water partition coefficient (Wildman–Crippen LogP) is 9.97. The van der Waals surface area contributed by atoms with Gasteiger partial charge in [0.1, 0.15) is 40.1 Å². The smallest absolute Gasteiger partial charge is 0.320 e. The Balaban J connectivity index is 0.000000185. The predicted molar refractivity (Wildman–Crippen MR) is 292 cm³/mol. The number of nitrogens with two attached hydrogens (primary N) is 1. The Hall–Kier alpha value is -5.15. The van der Waals surface area contributed by atoms with E-state index >= 15 is 0 Å². The molecule has 0 aliphatic carbocycles. The minimum atomic E-state index is -1.02. The molecule has 0 saturated heterocycles. The van der Waals surface area contributed by atoms with Crippen LogP contribution in [0.3, 0.4) is 0 Å². The van der Waals surface area contributed by atoms with E-state index in [1.807, 2.05) is 109 Å². The molecule has 0 spiro atoms. The van der Waals surface area contributed by atoms with Crippen molar-refractivity contribution in [2.45, 2.75) is 12.5 Å². The molecule has 6 aromatic carbocycles. The number of phenols is 1. The molecule has 0 saturated carbocycles. The molecule has 11 rings (SSSR count). The first-order valence-electron chi connectivity index (χ1n) is 19.5. The van der Waals surface area contributed by atoms with Crippen molar-refractivity contribution in [3.8, 4) is 62.8 Å².